The number of benzene rings is 3. The van der Waals surface area contributed by atoms with Crippen LogP contribution < -0.4 is 10.4 Å². The van der Waals surface area contributed by atoms with E-state index in [1.807, 2.05) is 0 Å². The van der Waals surface area contributed by atoms with Crippen molar-refractivity contribution in [3.8, 4) is 0 Å². The Morgan fingerprint density at radius 1 is 0.571 bits per heavy atom. The number of allylic oxidation sites excluding steroid dienone is 4. The summed E-state index contributed by atoms with van der Waals surface area (Å²) in [6.45, 7) is 0. The summed E-state index contributed by atoms with van der Waals surface area (Å²) in [5.74, 6) is 0. The van der Waals surface area contributed by atoms with Crippen LogP contribution in [0, 0.1) is 0 Å². The number of hydrogen-bond donors (Lipinski definition) is 0. The topological polar surface area (TPSA) is 3.01 Å². The van der Waals surface area contributed by atoms with Gasteiger partial charge >= 0.3 is 0 Å². The van der Waals surface area contributed by atoms with Crippen LogP contribution in [-0.2, 0) is 0 Å². The summed E-state index contributed by atoms with van der Waals surface area (Å²) < 4.78 is 2.12. The van der Waals surface area contributed by atoms with E-state index in [0.717, 1.165) is 0 Å². The van der Waals surface area contributed by atoms with Gasteiger partial charge in [0.2, 0.25) is 0 Å². The van der Waals surface area contributed by atoms with E-state index in [1.165, 1.54) is 38.4 Å². The van der Waals surface area contributed by atoms with Crippen LogP contribution in [0.3, 0.4) is 0 Å². The maximum atomic E-state index is 2.23. The number of nitrogens with zero attached hydrogens (tertiary/aromatic N) is 1. The fourth-order valence-corrected chi connectivity index (χ4v) is 3.49. The lowest BCUT2D eigenvalue weighted by Crippen LogP contribution is -2.15. The minimum atomic E-state index is 1.21. The zero-order valence-electron chi connectivity index (χ0n) is 16.3. The highest BCUT2D eigenvalue weighted by molar-refractivity contribution is 6.05. The van der Waals surface area contributed by atoms with E-state index >= 15 is 0 Å². The van der Waals surface area contributed by atoms with Gasteiger partial charge in [-0.1, -0.05) is 84.9 Å². The fourth-order valence-electron chi connectivity index (χ4n) is 3.49. The summed E-state index contributed by atoms with van der Waals surface area (Å²) >= 11 is 0. The molecular weight excluding hydrogens is 338 g/mol. The summed E-state index contributed by atoms with van der Waals surface area (Å²) in [7, 11) is 4.13. The molecule has 1 aliphatic rings. The zero-order chi connectivity index (χ0) is 19.3. The summed E-state index contributed by atoms with van der Waals surface area (Å²) in [6, 6.07) is 30.1. The summed E-state index contributed by atoms with van der Waals surface area (Å²) in [5.41, 5.74) is 6.17. The van der Waals surface area contributed by atoms with E-state index in [0.29, 0.717) is 0 Å². The van der Waals surface area contributed by atoms with E-state index in [2.05, 4.69) is 128 Å². The first-order chi connectivity index (χ1) is 13.7. The smallest absolute Gasteiger partial charge is 0.199 e. The Morgan fingerprint density at radius 2 is 1.07 bits per heavy atom. The lowest BCUT2D eigenvalue weighted by molar-refractivity contribution is -0.462. The molecule has 0 spiro atoms. The summed E-state index contributed by atoms with van der Waals surface area (Å²) in [4.78, 5) is 0. The molecule has 0 fully saturated rings. The zero-order valence-corrected chi connectivity index (χ0v) is 16.3. The first-order valence-corrected chi connectivity index (χ1v) is 9.58. The molecule has 0 aliphatic heterocycles. The predicted molar refractivity (Wildman–Crippen MR) is 119 cm³/mol. The van der Waals surface area contributed by atoms with Gasteiger partial charge in [0, 0.05) is 12.2 Å². The van der Waals surface area contributed by atoms with Crippen LogP contribution in [0.25, 0.3) is 11.1 Å². The molecule has 3 aromatic carbocycles. The van der Waals surface area contributed by atoms with Gasteiger partial charge < -0.3 is 0 Å². The Hall–Kier alpha value is -3.45. The Balaban J connectivity index is 1.86. The minimum absolute atomic E-state index is 1.21. The molecule has 0 heterocycles. The van der Waals surface area contributed by atoms with Gasteiger partial charge in [-0.05, 0) is 44.9 Å². The lowest BCUT2D eigenvalue weighted by Gasteiger charge is -2.09. The second kappa shape index (κ2) is 8.06. The van der Waals surface area contributed by atoms with Gasteiger partial charge in [0.05, 0.1) is 0 Å². The van der Waals surface area contributed by atoms with Crippen LogP contribution in [0.5, 0.6) is 0 Å². The van der Waals surface area contributed by atoms with E-state index in [9.17, 15) is 0 Å². The highest BCUT2D eigenvalue weighted by atomic mass is 14.9. The fraction of sp³-hybridized carbons (Fsp3) is 0.0741. The van der Waals surface area contributed by atoms with Crippen LogP contribution in [0.1, 0.15) is 11.1 Å². The molecule has 0 saturated heterocycles. The van der Waals surface area contributed by atoms with Gasteiger partial charge in [0.15, 0.2) is 5.71 Å². The van der Waals surface area contributed by atoms with Crippen molar-refractivity contribution in [2.24, 2.45) is 0 Å². The second-order valence-corrected chi connectivity index (χ2v) is 7.13. The normalized spacial score (nSPS) is 12.9. The molecule has 1 aliphatic carbocycles. The van der Waals surface area contributed by atoms with E-state index < -0.39 is 0 Å². The van der Waals surface area contributed by atoms with Crippen LogP contribution in [0.2, 0.25) is 0 Å². The average molecular weight is 362 g/mol. The average Bonchev–Trinajstić information content (AvgIpc) is 2.76. The molecule has 0 radical (unpaired) electrons. The van der Waals surface area contributed by atoms with Crippen molar-refractivity contribution < 1.29 is 4.58 Å². The molecule has 0 aromatic heterocycles. The molecule has 0 atom stereocenters. The van der Waals surface area contributed by atoms with E-state index in [4.69, 9.17) is 0 Å². The maximum absolute atomic E-state index is 2.23. The van der Waals surface area contributed by atoms with Gasteiger partial charge in [-0.15, -0.1) is 0 Å². The molecule has 136 valence electrons. The Morgan fingerprint density at radius 3 is 1.54 bits per heavy atom. The highest BCUT2D eigenvalue weighted by Gasteiger charge is 2.06. The molecular formula is C27H24N+. The summed E-state index contributed by atoms with van der Waals surface area (Å²) in [5, 5.41) is 2.46. The molecule has 1 nitrogen and oxygen atoms in total. The Kier molecular flexibility index (Phi) is 5.16. The highest BCUT2D eigenvalue weighted by Crippen LogP contribution is 2.20. The van der Waals surface area contributed by atoms with Gasteiger partial charge in [-0.25, -0.2) is 4.58 Å². The van der Waals surface area contributed by atoms with E-state index in [1.54, 1.807) is 0 Å². The molecule has 4 rings (SSSR count). The SMILES string of the molecule is C[N+](C)=C1C=CC(=c2ccc(=C(c3ccccc3)c3ccccc3)cc2)C=C1. The Bertz CT molecular complexity index is 1110. The molecule has 3 aromatic rings. The molecule has 1 heteroatoms. The third-order valence-corrected chi connectivity index (χ3v) is 5.02. The van der Waals surface area contributed by atoms with E-state index in [-0.39, 0.29) is 0 Å². The van der Waals surface area contributed by atoms with Crippen LogP contribution in [0.4, 0.5) is 0 Å². The lowest BCUT2D eigenvalue weighted by atomic mass is 9.95. The first kappa shape index (κ1) is 17.9. The van der Waals surface area contributed by atoms with Gasteiger partial charge in [0.1, 0.15) is 14.1 Å². The van der Waals surface area contributed by atoms with Crippen molar-refractivity contribution in [1.82, 2.24) is 0 Å². The number of hydrogen-bond acceptors (Lipinski definition) is 0. The predicted octanol–water partition coefficient (Wildman–Crippen LogP) is 3.92. The van der Waals surface area contributed by atoms with Crippen molar-refractivity contribution in [3.05, 3.63) is 131 Å². The van der Waals surface area contributed by atoms with Crippen molar-refractivity contribution in [1.29, 1.82) is 0 Å². The standard InChI is InChI=1S/C27H24N/c1-28(2)26-19-17-22(18-20-26)21-13-15-25(16-14-21)27(23-9-5-3-6-10-23)24-11-7-4-8-12-24/h3-20H,1-2H3/q+1. The van der Waals surface area contributed by atoms with Gasteiger partial charge in [-0.2, -0.15) is 0 Å². The number of rotatable bonds is 2. The third-order valence-electron chi connectivity index (χ3n) is 5.02. The molecule has 0 unspecified atom stereocenters. The largest absolute Gasteiger partial charge is 0.235 e. The summed E-state index contributed by atoms with van der Waals surface area (Å²) in [6.07, 6.45) is 8.69. The second-order valence-electron chi connectivity index (χ2n) is 7.13. The van der Waals surface area contributed by atoms with Gasteiger partial charge in [-0.3, -0.25) is 0 Å². The van der Waals surface area contributed by atoms with Crippen LogP contribution in [-0.4, -0.2) is 24.4 Å². The molecule has 0 N–H and O–H groups in total. The maximum Gasteiger partial charge on any atom is 0.199 e. The van der Waals surface area contributed by atoms with Crippen LogP contribution in [0.15, 0.2) is 109 Å². The van der Waals surface area contributed by atoms with Crippen molar-refractivity contribution in [2.45, 2.75) is 0 Å². The van der Waals surface area contributed by atoms with Crippen molar-refractivity contribution in [3.63, 3.8) is 0 Å². The van der Waals surface area contributed by atoms with Crippen molar-refractivity contribution in [2.75, 3.05) is 14.1 Å². The van der Waals surface area contributed by atoms with Gasteiger partial charge in [0.25, 0.3) is 0 Å². The quantitative estimate of drug-likeness (QED) is 0.608. The monoisotopic (exact) mass is 362 g/mol. The molecule has 0 saturated carbocycles. The Labute approximate surface area is 166 Å². The first-order valence-electron chi connectivity index (χ1n) is 9.58. The molecule has 0 bridgehead atoms. The third kappa shape index (κ3) is 3.79. The molecule has 0 amide bonds. The minimum Gasteiger partial charge on any atom is -0.235 e. The van der Waals surface area contributed by atoms with Crippen molar-refractivity contribution >= 4 is 16.9 Å². The van der Waals surface area contributed by atoms with Crippen LogP contribution >= 0.6 is 0 Å². The molecule has 28 heavy (non-hydrogen) atoms.